The number of ether oxygens (including phenoxy) is 2. The molecule has 8 nitrogen and oxygen atoms in total. The van der Waals surface area contributed by atoms with Crippen molar-refractivity contribution in [1.82, 2.24) is 20.8 Å². The van der Waals surface area contributed by atoms with Crippen molar-refractivity contribution in [3.8, 4) is 0 Å². The molecule has 0 aliphatic heterocycles. The van der Waals surface area contributed by atoms with Gasteiger partial charge in [-0.05, 0) is 40.0 Å². The second-order valence-corrected chi connectivity index (χ2v) is 7.39. The van der Waals surface area contributed by atoms with Gasteiger partial charge in [0, 0.05) is 31.7 Å². The van der Waals surface area contributed by atoms with Gasteiger partial charge in [0.05, 0.1) is 12.6 Å². The minimum absolute atomic E-state index is 0.169. The van der Waals surface area contributed by atoms with E-state index in [1.165, 1.54) is 25.7 Å². The molecule has 2 fully saturated rings. The zero-order valence-corrected chi connectivity index (χ0v) is 17.0. The Bertz CT molecular complexity index is 627. The summed E-state index contributed by atoms with van der Waals surface area (Å²) in [5.74, 6) is 1.86. The van der Waals surface area contributed by atoms with Crippen LogP contribution in [0.2, 0.25) is 0 Å². The summed E-state index contributed by atoms with van der Waals surface area (Å²) in [6.07, 6.45) is 6.28. The van der Waals surface area contributed by atoms with E-state index in [0.717, 1.165) is 19.0 Å². The molecule has 2 saturated carbocycles. The number of nitrogens with one attached hydrogen (secondary N) is 2. The number of guanidine groups is 1. The minimum atomic E-state index is -0.169. The molecule has 0 radical (unpaired) electrons. The third-order valence-corrected chi connectivity index (χ3v) is 5.89. The van der Waals surface area contributed by atoms with Crippen molar-refractivity contribution in [2.24, 2.45) is 10.4 Å². The lowest BCUT2D eigenvalue weighted by Crippen LogP contribution is -2.65. The van der Waals surface area contributed by atoms with Crippen molar-refractivity contribution >= 4 is 5.96 Å². The molecule has 152 valence electrons. The third kappa shape index (κ3) is 4.27. The first-order valence-electron chi connectivity index (χ1n) is 10.2. The summed E-state index contributed by atoms with van der Waals surface area (Å²) in [6, 6.07) is 0.402. The maximum atomic E-state index is 5.99. The van der Waals surface area contributed by atoms with Gasteiger partial charge in [-0.2, -0.15) is 4.98 Å². The van der Waals surface area contributed by atoms with Gasteiger partial charge in [0.25, 0.3) is 0 Å². The van der Waals surface area contributed by atoms with E-state index in [0.29, 0.717) is 37.0 Å². The lowest BCUT2D eigenvalue weighted by molar-refractivity contribution is -0.125. The Kier molecular flexibility index (Phi) is 6.70. The van der Waals surface area contributed by atoms with Crippen LogP contribution in [0.4, 0.5) is 0 Å². The Labute approximate surface area is 161 Å². The van der Waals surface area contributed by atoms with Gasteiger partial charge in [-0.25, -0.2) is 0 Å². The molecule has 1 aromatic rings. The maximum absolute atomic E-state index is 5.99. The quantitative estimate of drug-likeness (QED) is 0.529. The highest BCUT2D eigenvalue weighted by molar-refractivity contribution is 5.80. The van der Waals surface area contributed by atoms with Gasteiger partial charge in [0.2, 0.25) is 5.89 Å². The summed E-state index contributed by atoms with van der Waals surface area (Å²) < 4.78 is 16.8. The summed E-state index contributed by atoms with van der Waals surface area (Å²) in [6.45, 7) is 7.77. The molecule has 1 spiro atoms. The fraction of sp³-hybridized carbons (Fsp3) is 0.842. The van der Waals surface area contributed by atoms with Crippen molar-refractivity contribution in [3.05, 3.63) is 11.7 Å². The van der Waals surface area contributed by atoms with E-state index >= 15 is 0 Å². The number of aromatic nitrogens is 2. The van der Waals surface area contributed by atoms with E-state index in [2.05, 4.69) is 32.7 Å². The molecule has 0 amide bonds. The van der Waals surface area contributed by atoms with E-state index in [1.54, 1.807) is 7.05 Å². The predicted molar refractivity (Wildman–Crippen MR) is 102 cm³/mol. The fourth-order valence-electron chi connectivity index (χ4n) is 4.44. The zero-order chi connectivity index (χ0) is 19.3. The van der Waals surface area contributed by atoms with E-state index < -0.39 is 0 Å². The highest BCUT2D eigenvalue weighted by Crippen LogP contribution is 2.54. The van der Waals surface area contributed by atoms with E-state index in [-0.39, 0.29) is 11.5 Å². The smallest absolute Gasteiger partial charge is 0.246 e. The second kappa shape index (κ2) is 9.01. The molecule has 27 heavy (non-hydrogen) atoms. The SMILES string of the molecule is CCOC(C)c1noc(CNC(=NC)NC2CC(OCC)C23CCCC3)n1. The Morgan fingerprint density at radius 1 is 1.33 bits per heavy atom. The monoisotopic (exact) mass is 379 g/mol. The highest BCUT2D eigenvalue weighted by Gasteiger charge is 2.56. The highest BCUT2D eigenvalue weighted by atomic mass is 16.5. The van der Waals surface area contributed by atoms with Crippen LogP contribution in [0.15, 0.2) is 9.52 Å². The van der Waals surface area contributed by atoms with Crippen LogP contribution in [0.5, 0.6) is 0 Å². The van der Waals surface area contributed by atoms with Crippen LogP contribution < -0.4 is 10.6 Å². The molecule has 3 unspecified atom stereocenters. The predicted octanol–water partition coefficient (Wildman–Crippen LogP) is 2.57. The van der Waals surface area contributed by atoms with Crippen molar-refractivity contribution in [1.29, 1.82) is 0 Å². The summed E-state index contributed by atoms with van der Waals surface area (Å²) in [7, 11) is 1.78. The van der Waals surface area contributed by atoms with Crippen molar-refractivity contribution < 1.29 is 14.0 Å². The van der Waals surface area contributed by atoms with Gasteiger partial charge in [-0.15, -0.1) is 0 Å². The molecule has 3 atom stereocenters. The Morgan fingerprint density at radius 3 is 2.78 bits per heavy atom. The van der Waals surface area contributed by atoms with E-state index in [4.69, 9.17) is 14.0 Å². The van der Waals surface area contributed by atoms with Gasteiger partial charge in [-0.3, -0.25) is 4.99 Å². The van der Waals surface area contributed by atoms with Crippen LogP contribution >= 0.6 is 0 Å². The third-order valence-electron chi connectivity index (χ3n) is 5.89. The minimum Gasteiger partial charge on any atom is -0.378 e. The average molecular weight is 380 g/mol. The second-order valence-electron chi connectivity index (χ2n) is 7.39. The van der Waals surface area contributed by atoms with Gasteiger partial charge in [-0.1, -0.05) is 18.0 Å². The number of hydrogen-bond acceptors (Lipinski definition) is 6. The largest absolute Gasteiger partial charge is 0.378 e. The van der Waals surface area contributed by atoms with Crippen LogP contribution in [0, 0.1) is 5.41 Å². The number of nitrogens with zero attached hydrogens (tertiary/aromatic N) is 3. The molecule has 0 saturated heterocycles. The van der Waals surface area contributed by atoms with Crippen molar-refractivity contribution in [3.63, 3.8) is 0 Å². The van der Waals surface area contributed by atoms with Gasteiger partial charge >= 0.3 is 0 Å². The van der Waals surface area contributed by atoms with Gasteiger partial charge in [0.15, 0.2) is 11.8 Å². The van der Waals surface area contributed by atoms with Crippen LogP contribution in [0.25, 0.3) is 0 Å². The Hall–Kier alpha value is -1.67. The average Bonchev–Trinajstić information content (AvgIpc) is 3.35. The van der Waals surface area contributed by atoms with Crippen molar-refractivity contribution in [2.45, 2.75) is 77.7 Å². The van der Waals surface area contributed by atoms with Crippen LogP contribution in [0.3, 0.4) is 0 Å². The molecular formula is C19H33N5O3. The topological polar surface area (TPSA) is 93.8 Å². The number of hydrogen-bond donors (Lipinski definition) is 2. The number of rotatable bonds is 8. The molecule has 3 rings (SSSR count). The number of aliphatic imine (C=N–C) groups is 1. The Balaban J connectivity index is 1.53. The molecule has 1 heterocycles. The fourth-order valence-corrected chi connectivity index (χ4v) is 4.44. The van der Waals surface area contributed by atoms with Gasteiger partial charge in [0.1, 0.15) is 6.10 Å². The summed E-state index contributed by atoms with van der Waals surface area (Å²) >= 11 is 0. The van der Waals surface area contributed by atoms with E-state index in [1.807, 2.05) is 13.8 Å². The molecule has 2 aliphatic rings. The summed E-state index contributed by atoms with van der Waals surface area (Å²) in [5.41, 5.74) is 0.262. The molecule has 2 aliphatic carbocycles. The first kappa shape index (κ1) is 20.1. The van der Waals surface area contributed by atoms with Crippen LogP contribution in [0.1, 0.15) is 70.7 Å². The molecule has 1 aromatic heterocycles. The summed E-state index contributed by atoms with van der Waals surface area (Å²) in [4.78, 5) is 8.75. The van der Waals surface area contributed by atoms with E-state index in [9.17, 15) is 0 Å². The van der Waals surface area contributed by atoms with Gasteiger partial charge < -0.3 is 24.6 Å². The lowest BCUT2D eigenvalue weighted by atomic mass is 9.60. The Morgan fingerprint density at radius 2 is 2.11 bits per heavy atom. The zero-order valence-electron chi connectivity index (χ0n) is 17.0. The first-order valence-corrected chi connectivity index (χ1v) is 10.2. The molecule has 8 heteroatoms. The van der Waals surface area contributed by atoms with Crippen LogP contribution in [-0.2, 0) is 16.0 Å². The standard InChI is InChI=1S/C19H33N5O3/c1-5-25-13(3)17-23-16(27-24-17)12-21-18(20-4)22-14-11-15(26-6-2)19(14)9-7-8-10-19/h13-15H,5-12H2,1-4H3,(H2,20,21,22). The summed E-state index contributed by atoms with van der Waals surface area (Å²) in [5, 5.41) is 10.9. The molecular weight excluding hydrogens is 346 g/mol. The molecule has 2 N–H and O–H groups in total. The normalized spacial score (nSPS) is 25.4. The van der Waals surface area contributed by atoms with Crippen LogP contribution in [-0.4, -0.2) is 48.5 Å². The molecule has 0 aromatic carbocycles. The molecule has 0 bridgehead atoms. The maximum Gasteiger partial charge on any atom is 0.246 e. The lowest BCUT2D eigenvalue weighted by Gasteiger charge is -2.54. The first-order chi connectivity index (χ1) is 13.1. The van der Waals surface area contributed by atoms with Crippen molar-refractivity contribution in [2.75, 3.05) is 20.3 Å².